The maximum Gasteiger partial charge on any atom is 0.330 e. The van der Waals surface area contributed by atoms with Gasteiger partial charge in [0.25, 0.3) is 0 Å². The highest BCUT2D eigenvalue weighted by molar-refractivity contribution is 7.98. The van der Waals surface area contributed by atoms with E-state index in [0.29, 0.717) is 17.9 Å². The monoisotopic (exact) mass is 261 g/mol. The average molecular weight is 261 g/mol. The number of nitrogens with one attached hydrogen (secondary N) is 1. The Morgan fingerprint density at radius 2 is 2.24 bits per heavy atom. The van der Waals surface area contributed by atoms with Gasteiger partial charge < -0.3 is 9.57 Å². The number of ether oxygens (including phenoxy) is 1. The summed E-state index contributed by atoms with van der Waals surface area (Å²) in [5.74, 6) is 1.62. The van der Waals surface area contributed by atoms with Gasteiger partial charge in [-0.1, -0.05) is 13.3 Å². The third-order valence-electron chi connectivity index (χ3n) is 2.02. The van der Waals surface area contributed by atoms with Crippen LogP contribution in [0.25, 0.3) is 0 Å². The molecule has 6 heteroatoms. The highest BCUT2D eigenvalue weighted by Gasteiger charge is 2.24. The average Bonchev–Trinajstić information content (AvgIpc) is 2.36. The van der Waals surface area contributed by atoms with Gasteiger partial charge in [-0.3, -0.25) is 0 Å². The molecule has 0 aliphatic heterocycles. The molecule has 0 amide bonds. The lowest BCUT2D eigenvalue weighted by Gasteiger charge is -2.16. The molecule has 0 aromatic rings. The first kappa shape index (κ1) is 16.2. The maximum absolute atomic E-state index is 11.5. The Balaban J connectivity index is 4.42. The standard InChI is InChI=1S/C11H19NO4S/c1-4-5-6-16-12-10(11(14)15-2)9(7-13)8-17-3/h10,12H,4-6,8H2,1-3H3/t10-/m0/s1. The van der Waals surface area contributed by atoms with E-state index in [4.69, 9.17) is 4.84 Å². The van der Waals surface area contributed by atoms with Crippen LogP contribution in [0, 0.1) is 0 Å². The molecular formula is C11H19NO4S. The molecule has 0 aliphatic carbocycles. The lowest BCUT2D eigenvalue weighted by Crippen LogP contribution is -2.40. The van der Waals surface area contributed by atoms with Gasteiger partial charge in [0.1, 0.15) is 5.94 Å². The lowest BCUT2D eigenvalue weighted by molar-refractivity contribution is -0.146. The van der Waals surface area contributed by atoms with Crippen LogP contribution in [0.3, 0.4) is 0 Å². The molecule has 0 saturated heterocycles. The number of methoxy groups -OCH3 is 1. The predicted molar refractivity (Wildman–Crippen MR) is 67.4 cm³/mol. The molecule has 0 aliphatic rings. The number of hydrogen-bond acceptors (Lipinski definition) is 6. The number of hydroxylamine groups is 1. The van der Waals surface area contributed by atoms with Crippen molar-refractivity contribution in [1.29, 1.82) is 0 Å². The summed E-state index contributed by atoms with van der Waals surface area (Å²) in [6, 6.07) is -0.873. The Bertz CT molecular complexity index is 277. The number of thioether (sulfide) groups is 1. The number of hydrogen-bond donors (Lipinski definition) is 1. The van der Waals surface area contributed by atoms with Crippen molar-refractivity contribution in [2.75, 3.05) is 25.7 Å². The molecular weight excluding hydrogens is 242 g/mol. The Morgan fingerprint density at radius 1 is 1.53 bits per heavy atom. The minimum atomic E-state index is -0.873. The molecule has 1 atom stereocenters. The third kappa shape index (κ3) is 6.48. The van der Waals surface area contributed by atoms with Gasteiger partial charge in [-0.2, -0.15) is 17.2 Å². The van der Waals surface area contributed by atoms with Gasteiger partial charge in [0.05, 0.1) is 19.3 Å². The summed E-state index contributed by atoms with van der Waals surface area (Å²) >= 11 is 1.43. The van der Waals surface area contributed by atoms with Gasteiger partial charge in [0, 0.05) is 5.75 Å². The maximum atomic E-state index is 11.5. The fourth-order valence-corrected chi connectivity index (χ4v) is 1.60. The first-order chi connectivity index (χ1) is 8.21. The second kappa shape index (κ2) is 10.4. The largest absolute Gasteiger partial charge is 0.468 e. The van der Waals surface area contributed by atoms with Crippen molar-refractivity contribution in [1.82, 2.24) is 5.48 Å². The molecule has 0 saturated carbocycles. The molecule has 0 aromatic heterocycles. The molecule has 0 aromatic carbocycles. The van der Waals surface area contributed by atoms with Crippen molar-refractivity contribution in [3.05, 3.63) is 5.57 Å². The summed E-state index contributed by atoms with van der Waals surface area (Å²) in [4.78, 5) is 27.4. The Hall–Kier alpha value is -0.810. The minimum Gasteiger partial charge on any atom is -0.468 e. The van der Waals surface area contributed by atoms with Gasteiger partial charge >= 0.3 is 5.97 Å². The quantitative estimate of drug-likeness (QED) is 0.289. The van der Waals surface area contributed by atoms with Crippen molar-refractivity contribution >= 4 is 23.7 Å². The zero-order chi connectivity index (χ0) is 13.1. The molecule has 0 spiro atoms. The smallest absolute Gasteiger partial charge is 0.330 e. The molecule has 0 rings (SSSR count). The van der Waals surface area contributed by atoms with E-state index in [1.54, 1.807) is 5.94 Å². The van der Waals surface area contributed by atoms with Gasteiger partial charge in [0.2, 0.25) is 0 Å². The first-order valence-corrected chi connectivity index (χ1v) is 6.78. The van der Waals surface area contributed by atoms with Crippen molar-refractivity contribution in [3.8, 4) is 0 Å². The van der Waals surface area contributed by atoms with Gasteiger partial charge in [-0.15, -0.1) is 0 Å². The topological polar surface area (TPSA) is 64.6 Å². The van der Waals surface area contributed by atoms with Gasteiger partial charge in [-0.25, -0.2) is 9.59 Å². The molecule has 0 radical (unpaired) electrons. The third-order valence-corrected chi connectivity index (χ3v) is 2.62. The van der Waals surface area contributed by atoms with Crippen LogP contribution in [-0.2, 0) is 19.2 Å². The molecule has 0 fully saturated rings. The summed E-state index contributed by atoms with van der Waals surface area (Å²) in [5, 5.41) is 0. The van der Waals surface area contributed by atoms with Crippen molar-refractivity contribution in [2.45, 2.75) is 25.8 Å². The number of carbonyl (C=O) groups is 1. The van der Waals surface area contributed by atoms with E-state index in [-0.39, 0.29) is 0 Å². The van der Waals surface area contributed by atoms with Crippen LogP contribution in [0.15, 0.2) is 5.57 Å². The fraction of sp³-hybridized carbons (Fsp3) is 0.727. The summed E-state index contributed by atoms with van der Waals surface area (Å²) < 4.78 is 4.61. The minimum absolute atomic E-state index is 0.292. The summed E-state index contributed by atoms with van der Waals surface area (Å²) in [7, 11) is 1.27. The Morgan fingerprint density at radius 3 is 2.71 bits per heavy atom. The molecule has 0 heterocycles. The second-order valence-corrected chi connectivity index (χ2v) is 4.20. The highest BCUT2D eigenvalue weighted by atomic mass is 32.2. The Kier molecular flexibility index (Phi) is 9.86. The molecule has 5 nitrogen and oxygen atoms in total. The lowest BCUT2D eigenvalue weighted by atomic mass is 10.1. The first-order valence-electron chi connectivity index (χ1n) is 5.39. The van der Waals surface area contributed by atoms with Crippen LogP contribution in [0.2, 0.25) is 0 Å². The highest BCUT2D eigenvalue weighted by Crippen LogP contribution is 2.08. The SMILES string of the molecule is CCCCON[C@H](C(=O)OC)C(=C=O)CSC. The van der Waals surface area contributed by atoms with Gasteiger partial charge in [-0.05, 0) is 12.7 Å². The van der Waals surface area contributed by atoms with Crippen molar-refractivity contribution in [3.63, 3.8) is 0 Å². The zero-order valence-electron chi connectivity index (χ0n) is 10.4. The molecule has 1 N–H and O–H groups in total. The molecule has 0 unspecified atom stereocenters. The predicted octanol–water partition coefficient (Wildman–Crippen LogP) is 0.970. The molecule has 0 bridgehead atoms. The van der Waals surface area contributed by atoms with Crippen LogP contribution in [-0.4, -0.2) is 43.7 Å². The zero-order valence-corrected chi connectivity index (χ0v) is 11.3. The number of carbonyl (C=O) groups excluding carboxylic acids is 2. The van der Waals surface area contributed by atoms with Crippen molar-refractivity contribution in [2.24, 2.45) is 0 Å². The van der Waals surface area contributed by atoms with E-state index in [1.807, 2.05) is 13.2 Å². The number of esters is 1. The van der Waals surface area contributed by atoms with Crippen LogP contribution >= 0.6 is 11.8 Å². The van der Waals surface area contributed by atoms with E-state index in [0.717, 1.165) is 12.8 Å². The molecule has 98 valence electrons. The normalized spacial score (nSPS) is 11.7. The fourth-order valence-electron chi connectivity index (χ4n) is 1.07. The van der Waals surface area contributed by atoms with Crippen molar-refractivity contribution < 1.29 is 19.2 Å². The van der Waals surface area contributed by atoms with Crippen LogP contribution in [0.1, 0.15) is 19.8 Å². The number of unbranched alkanes of at least 4 members (excludes halogenated alkanes) is 1. The van der Waals surface area contributed by atoms with Gasteiger partial charge in [0.15, 0.2) is 6.04 Å². The summed E-state index contributed by atoms with van der Waals surface area (Å²) in [6.07, 6.45) is 3.71. The van der Waals surface area contributed by atoms with E-state index >= 15 is 0 Å². The Labute approximate surface area is 106 Å². The van der Waals surface area contributed by atoms with Crippen LogP contribution < -0.4 is 5.48 Å². The molecule has 17 heavy (non-hydrogen) atoms. The van der Waals surface area contributed by atoms with Crippen LogP contribution in [0.4, 0.5) is 0 Å². The second-order valence-electron chi connectivity index (χ2n) is 3.34. The number of rotatable bonds is 9. The summed E-state index contributed by atoms with van der Waals surface area (Å²) in [6.45, 7) is 2.51. The van der Waals surface area contributed by atoms with E-state index < -0.39 is 12.0 Å². The van der Waals surface area contributed by atoms with E-state index in [9.17, 15) is 9.59 Å². The van der Waals surface area contributed by atoms with Crippen LogP contribution in [0.5, 0.6) is 0 Å². The summed E-state index contributed by atoms with van der Waals surface area (Å²) in [5.41, 5.74) is 2.85. The van der Waals surface area contributed by atoms with E-state index in [2.05, 4.69) is 10.2 Å². The van der Waals surface area contributed by atoms with E-state index in [1.165, 1.54) is 18.9 Å².